The Bertz CT molecular complexity index is 763. The summed E-state index contributed by atoms with van der Waals surface area (Å²) in [5, 5.41) is 5.58. The van der Waals surface area contributed by atoms with E-state index < -0.39 is 11.0 Å². The number of aryl methyl sites for hydroxylation is 1. The molecule has 1 aliphatic rings. The summed E-state index contributed by atoms with van der Waals surface area (Å²) in [6, 6.07) is 14.6. The van der Waals surface area contributed by atoms with Gasteiger partial charge in [-0.25, -0.2) is 4.79 Å². The van der Waals surface area contributed by atoms with E-state index >= 15 is 0 Å². The highest BCUT2D eigenvalue weighted by Crippen LogP contribution is 2.27. The minimum atomic E-state index is -0.468. The van der Waals surface area contributed by atoms with Crippen molar-refractivity contribution in [2.24, 2.45) is 4.99 Å². The number of hydrogen-bond donors (Lipinski definition) is 2. The summed E-state index contributed by atoms with van der Waals surface area (Å²) >= 11 is 12.1. The number of carbonyl (C=O) groups excluding carboxylic acids is 1. The zero-order valence-corrected chi connectivity index (χ0v) is 14.4. The minimum Gasteiger partial charge on any atom is -0.312 e. The van der Waals surface area contributed by atoms with Crippen LogP contribution < -0.4 is 15.5 Å². The molecule has 0 saturated carbocycles. The van der Waals surface area contributed by atoms with Crippen molar-refractivity contribution in [2.75, 3.05) is 15.5 Å². The van der Waals surface area contributed by atoms with E-state index in [0.717, 1.165) is 16.9 Å². The van der Waals surface area contributed by atoms with Crippen LogP contribution in [0.1, 0.15) is 5.56 Å². The van der Waals surface area contributed by atoms with Crippen molar-refractivity contribution in [2.45, 2.75) is 17.9 Å². The number of rotatable bonds is 3. The van der Waals surface area contributed by atoms with Crippen molar-refractivity contribution in [1.29, 1.82) is 0 Å². The van der Waals surface area contributed by atoms with Gasteiger partial charge in [-0.2, -0.15) is 0 Å². The Morgan fingerprint density at radius 2 is 1.79 bits per heavy atom. The normalized spacial score (nSPS) is 19.4. The van der Waals surface area contributed by atoms with E-state index in [-0.39, 0.29) is 6.03 Å². The van der Waals surface area contributed by atoms with Crippen LogP contribution in [0.25, 0.3) is 0 Å². The third kappa shape index (κ3) is 3.80. The third-order valence-electron chi connectivity index (χ3n) is 3.53. The Kier molecular flexibility index (Phi) is 4.92. The van der Waals surface area contributed by atoms with E-state index in [0.29, 0.717) is 5.69 Å². The number of urea groups is 1. The van der Waals surface area contributed by atoms with E-state index in [9.17, 15) is 4.79 Å². The number of amides is 2. The fourth-order valence-electron chi connectivity index (χ4n) is 2.34. The number of carbonyl (C=O) groups is 1. The first kappa shape index (κ1) is 16.6. The van der Waals surface area contributed by atoms with Crippen molar-refractivity contribution in [3.05, 3.63) is 54.1 Å². The molecule has 0 saturated heterocycles. The van der Waals surface area contributed by atoms with Gasteiger partial charge in [0.15, 0.2) is 5.50 Å². The summed E-state index contributed by atoms with van der Waals surface area (Å²) < 4.78 is 0. The van der Waals surface area contributed by atoms with Crippen LogP contribution in [-0.4, -0.2) is 23.4 Å². The van der Waals surface area contributed by atoms with Crippen LogP contribution in [-0.2, 0) is 0 Å². The SMILES string of the molecule is Cc1cccc(NC(=O)Nc2ccc(N3C=NC(Cl)C3Cl)cc2)c1. The lowest BCUT2D eigenvalue weighted by molar-refractivity contribution is 0.262. The van der Waals surface area contributed by atoms with Crippen LogP contribution in [0.15, 0.2) is 53.5 Å². The average molecular weight is 363 g/mol. The number of nitrogens with zero attached hydrogens (tertiary/aromatic N) is 2. The third-order valence-corrected chi connectivity index (χ3v) is 4.45. The maximum absolute atomic E-state index is 12.0. The summed E-state index contributed by atoms with van der Waals surface area (Å²) in [5.41, 5.74) is 2.47. The summed E-state index contributed by atoms with van der Waals surface area (Å²) in [6.07, 6.45) is 1.61. The first-order chi connectivity index (χ1) is 11.5. The molecule has 7 heteroatoms. The highest BCUT2D eigenvalue weighted by Gasteiger charge is 2.27. The predicted octanol–water partition coefficient (Wildman–Crippen LogP) is 4.62. The summed E-state index contributed by atoms with van der Waals surface area (Å²) in [7, 11) is 0. The topological polar surface area (TPSA) is 56.7 Å². The maximum Gasteiger partial charge on any atom is 0.323 e. The average Bonchev–Trinajstić information content (AvgIpc) is 2.88. The number of hydrogen-bond acceptors (Lipinski definition) is 3. The Balaban J connectivity index is 1.62. The standard InChI is InChI=1S/C17H16Cl2N4O/c1-11-3-2-4-13(9-11)22-17(24)21-12-5-7-14(8-6-12)23-10-20-15(18)16(23)19/h2-10,15-16H,1H3,(H2,21,22,24). The predicted molar refractivity (Wildman–Crippen MR) is 101 cm³/mol. The molecule has 2 aromatic rings. The molecule has 2 amide bonds. The number of aliphatic imine (C=N–C) groups is 1. The van der Waals surface area contributed by atoms with E-state index in [2.05, 4.69) is 15.6 Å². The fourth-order valence-corrected chi connectivity index (χ4v) is 2.74. The van der Waals surface area contributed by atoms with Gasteiger partial charge in [-0.3, -0.25) is 4.99 Å². The molecule has 5 nitrogen and oxygen atoms in total. The molecule has 0 aromatic heterocycles. The van der Waals surface area contributed by atoms with Crippen molar-refractivity contribution in [1.82, 2.24) is 0 Å². The fraction of sp³-hybridized carbons (Fsp3) is 0.176. The number of anilines is 3. The van der Waals surface area contributed by atoms with Crippen molar-refractivity contribution >= 4 is 52.6 Å². The van der Waals surface area contributed by atoms with E-state index in [1.165, 1.54) is 0 Å². The van der Waals surface area contributed by atoms with Gasteiger partial charge in [0.25, 0.3) is 0 Å². The van der Waals surface area contributed by atoms with Crippen LogP contribution in [0.5, 0.6) is 0 Å². The van der Waals surface area contributed by atoms with Crippen LogP contribution in [0, 0.1) is 6.92 Å². The van der Waals surface area contributed by atoms with E-state index in [1.807, 2.05) is 43.3 Å². The van der Waals surface area contributed by atoms with Gasteiger partial charge in [-0.05, 0) is 48.9 Å². The molecule has 0 spiro atoms. The van der Waals surface area contributed by atoms with Gasteiger partial charge in [0.05, 0.1) is 6.34 Å². The summed E-state index contributed by atoms with van der Waals surface area (Å²) in [4.78, 5) is 17.9. The lowest BCUT2D eigenvalue weighted by Crippen LogP contribution is -2.29. The second kappa shape index (κ2) is 7.11. The molecule has 0 aliphatic carbocycles. The van der Waals surface area contributed by atoms with Crippen molar-refractivity contribution in [3.8, 4) is 0 Å². The van der Waals surface area contributed by atoms with Crippen LogP contribution in [0.2, 0.25) is 0 Å². The molecule has 2 atom stereocenters. The summed E-state index contributed by atoms with van der Waals surface area (Å²) in [6.45, 7) is 1.97. The molecule has 0 bridgehead atoms. The number of halogens is 2. The van der Waals surface area contributed by atoms with E-state index in [1.54, 1.807) is 23.4 Å². The van der Waals surface area contributed by atoms with Gasteiger partial charge in [0.2, 0.25) is 0 Å². The molecule has 2 unspecified atom stereocenters. The molecule has 124 valence electrons. The molecular formula is C17H16Cl2N4O. The van der Waals surface area contributed by atoms with E-state index in [4.69, 9.17) is 23.2 Å². The molecule has 24 heavy (non-hydrogen) atoms. The zero-order valence-electron chi connectivity index (χ0n) is 12.9. The van der Waals surface area contributed by atoms with Crippen molar-refractivity contribution < 1.29 is 4.79 Å². The van der Waals surface area contributed by atoms with Gasteiger partial charge in [-0.15, -0.1) is 0 Å². The summed E-state index contributed by atoms with van der Waals surface area (Å²) in [5.74, 6) is 0. The molecule has 0 radical (unpaired) electrons. The molecule has 1 aliphatic heterocycles. The largest absolute Gasteiger partial charge is 0.323 e. The lowest BCUT2D eigenvalue weighted by atomic mass is 10.2. The quantitative estimate of drug-likeness (QED) is 0.618. The maximum atomic E-state index is 12.0. The van der Waals surface area contributed by atoms with Crippen molar-refractivity contribution in [3.63, 3.8) is 0 Å². The van der Waals surface area contributed by atoms with Gasteiger partial charge in [0.1, 0.15) is 5.50 Å². The molecular weight excluding hydrogens is 347 g/mol. The molecule has 3 rings (SSSR count). The Morgan fingerprint density at radius 3 is 2.42 bits per heavy atom. The molecule has 1 heterocycles. The highest BCUT2D eigenvalue weighted by molar-refractivity contribution is 6.33. The second-order valence-corrected chi connectivity index (χ2v) is 6.31. The van der Waals surface area contributed by atoms with Crippen LogP contribution in [0.3, 0.4) is 0 Å². The number of benzene rings is 2. The second-order valence-electron chi connectivity index (χ2n) is 5.41. The molecule has 2 aromatic carbocycles. The van der Waals surface area contributed by atoms with Crippen LogP contribution >= 0.6 is 23.2 Å². The zero-order chi connectivity index (χ0) is 17.1. The number of nitrogens with one attached hydrogen (secondary N) is 2. The van der Waals surface area contributed by atoms with Gasteiger partial charge < -0.3 is 15.5 Å². The first-order valence-corrected chi connectivity index (χ1v) is 8.25. The Hall–Kier alpha value is -2.24. The monoisotopic (exact) mass is 362 g/mol. The van der Waals surface area contributed by atoms with Gasteiger partial charge in [0, 0.05) is 17.1 Å². The highest BCUT2D eigenvalue weighted by atomic mass is 35.5. The smallest absolute Gasteiger partial charge is 0.312 e. The number of alkyl halides is 2. The van der Waals surface area contributed by atoms with Crippen LogP contribution in [0.4, 0.5) is 21.9 Å². The van der Waals surface area contributed by atoms with Gasteiger partial charge >= 0.3 is 6.03 Å². The minimum absolute atomic E-state index is 0.299. The van der Waals surface area contributed by atoms with Gasteiger partial charge in [-0.1, -0.05) is 35.3 Å². The molecule has 2 N–H and O–H groups in total. The first-order valence-electron chi connectivity index (χ1n) is 7.37. The Labute approximate surface area is 150 Å². The molecule has 0 fully saturated rings. The lowest BCUT2D eigenvalue weighted by Gasteiger charge is -2.20. The Morgan fingerprint density at radius 1 is 1.08 bits per heavy atom.